The second-order valence-corrected chi connectivity index (χ2v) is 13.3. The van der Waals surface area contributed by atoms with E-state index in [0.717, 1.165) is 0 Å². The van der Waals surface area contributed by atoms with E-state index in [1.54, 1.807) is 4.90 Å². The average Bonchev–Trinajstić information content (AvgIpc) is 2.29. The van der Waals surface area contributed by atoms with E-state index in [4.69, 9.17) is 9.16 Å². The van der Waals surface area contributed by atoms with E-state index < -0.39 is 13.9 Å². The molecule has 0 saturated carbocycles. The van der Waals surface area contributed by atoms with Gasteiger partial charge in [0, 0.05) is 20.0 Å². The van der Waals surface area contributed by atoms with Gasteiger partial charge in [-0.15, -0.1) is 0 Å². The summed E-state index contributed by atoms with van der Waals surface area (Å²) in [5.74, 6) is -0.332. The Morgan fingerprint density at radius 1 is 1.00 bits per heavy atom. The number of carbonyl (C=O) groups is 2. The highest BCUT2D eigenvalue weighted by molar-refractivity contribution is 6.74. The van der Waals surface area contributed by atoms with Gasteiger partial charge in [0.1, 0.15) is 5.60 Å². The zero-order valence-corrected chi connectivity index (χ0v) is 17.4. The first-order valence-electron chi connectivity index (χ1n) is 8.27. The zero-order chi connectivity index (χ0) is 18.5. The highest BCUT2D eigenvalue weighted by Gasteiger charge is 2.37. The molecule has 0 aromatic heterocycles. The number of rotatable bonds is 7. The van der Waals surface area contributed by atoms with Crippen LogP contribution in [0.3, 0.4) is 0 Å². The number of amides is 1. The van der Waals surface area contributed by atoms with Crippen LogP contribution in [0, 0.1) is 0 Å². The Bertz CT molecular complexity index is 408. The molecular weight excluding hydrogens is 310 g/mol. The molecule has 5 nitrogen and oxygen atoms in total. The van der Waals surface area contributed by atoms with E-state index in [2.05, 4.69) is 33.9 Å². The molecule has 0 bridgehead atoms. The summed E-state index contributed by atoms with van der Waals surface area (Å²) in [5.41, 5.74) is -0.496. The summed E-state index contributed by atoms with van der Waals surface area (Å²) < 4.78 is 11.4. The number of carbonyl (C=O) groups excluding carboxylic acids is 2. The minimum atomic E-state index is -1.81. The molecule has 0 fully saturated rings. The fourth-order valence-electron chi connectivity index (χ4n) is 1.67. The molecule has 0 aromatic rings. The smallest absolute Gasteiger partial charge is 0.308 e. The summed E-state index contributed by atoms with van der Waals surface area (Å²) >= 11 is 0. The second kappa shape index (κ2) is 8.28. The lowest BCUT2D eigenvalue weighted by Gasteiger charge is -2.36. The largest absolute Gasteiger partial charge is 0.460 e. The molecule has 136 valence electrons. The van der Waals surface area contributed by atoms with Gasteiger partial charge in [-0.05, 0) is 38.9 Å². The first-order chi connectivity index (χ1) is 10.2. The van der Waals surface area contributed by atoms with Crippen LogP contribution in [0.1, 0.15) is 54.9 Å². The predicted molar refractivity (Wildman–Crippen MR) is 95.9 cm³/mol. The topological polar surface area (TPSA) is 55.8 Å². The second-order valence-electron chi connectivity index (χ2n) is 8.45. The fourth-order valence-corrected chi connectivity index (χ4v) is 2.71. The Morgan fingerprint density at radius 3 is 1.91 bits per heavy atom. The van der Waals surface area contributed by atoms with Crippen molar-refractivity contribution in [3.8, 4) is 0 Å². The van der Waals surface area contributed by atoms with Gasteiger partial charge in [-0.2, -0.15) is 0 Å². The van der Waals surface area contributed by atoms with E-state index >= 15 is 0 Å². The first-order valence-corrected chi connectivity index (χ1v) is 11.2. The molecule has 0 rings (SSSR count). The number of ether oxygens (including phenoxy) is 1. The van der Waals surface area contributed by atoms with Crippen molar-refractivity contribution in [1.82, 2.24) is 4.90 Å². The van der Waals surface area contributed by atoms with E-state index in [9.17, 15) is 9.59 Å². The maximum Gasteiger partial charge on any atom is 0.308 e. The molecule has 0 heterocycles. The lowest BCUT2D eigenvalue weighted by Crippen LogP contribution is -2.43. The normalized spacial score (nSPS) is 12.9. The molecule has 0 aromatic carbocycles. The predicted octanol–water partition coefficient (Wildman–Crippen LogP) is 3.59. The van der Waals surface area contributed by atoms with Crippen molar-refractivity contribution >= 4 is 20.2 Å². The zero-order valence-electron chi connectivity index (χ0n) is 16.4. The SMILES string of the molecule is CC(=O)N(CCO[Si](C)(C)C(C)(C)C)CCC(=O)OC(C)(C)C. The third kappa shape index (κ3) is 9.10. The van der Waals surface area contributed by atoms with Crippen LogP contribution in [-0.4, -0.2) is 50.4 Å². The lowest BCUT2D eigenvalue weighted by atomic mass is 10.2. The maximum atomic E-state index is 11.8. The van der Waals surface area contributed by atoms with E-state index in [-0.39, 0.29) is 23.3 Å². The average molecular weight is 346 g/mol. The van der Waals surface area contributed by atoms with Crippen LogP contribution >= 0.6 is 0 Å². The number of hydrogen-bond acceptors (Lipinski definition) is 4. The van der Waals surface area contributed by atoms with Crippen LogP contribution in [0.5, 0.6) is 0 Å². The van der Waals surface area contributed by atoms with Crippen LogP contribution in [0.4, 0.5) is 0 Å². The molecule has 0 unspecified atom stereocenters. The standard InChI is InChI=1S/C17H35NO4Si/c1-14(19)18(11-10-15(20)22-16(2,3)4)12-13-21-23(8,9)17(5,6)7/h10-13H2,1-9H3. The van der Waals surface area contributed by atoms with Gasteiger partial charge in [-0.1, -0.05) is 20.8 Å². The molecular formula is C17H35NO4Si. The van der Waals surface area contributed by atoms with E-state index in [0.29, 0.717) is 19.7 Å². The Morgan fingerprint density at radius 2 is 1.52 bits per heavy atom. The monoisotopic (exact) mass is 345 g/mol. The molecule has 0 aliphatic carbocycles. The number of nitrogens with zero attached hydrogens (tertiary/aromatic N) is 1. The van der Waals surface area contributed by atoms with Gasteiger partial charge in [0.15, 0.2) is 8.32 Å². The molecule has 0 spiro atoms. The Labute approximate surface area is 142 Å². The third-order valence-electron chi connectivity index (χ3n) is 4.08. The van der Waals surface area contributed by atoms with Crippen molar-refractivity contribution < 1.29 is 18.8 Å². The highest BCUT2D eigenvalue weighted by Crippen LogP contribution is 2.36. The van der Waals surface area contributed by atoms with Crippen LogP contribution in [0.2, 0.25) is 18.1 Å². The van der Waals surface area contributed by atoms with Crippen molar-refractivity contribution in [1.29, 1.82) is 0 Å². The van der Waals surface area contributed by atoms with E-state index in [1.807, 2.05) is 20.8 Å². The van der Waals surface area contributed by atoms with Crippen LogP contribution in [0.15, 0.2) is 0 Å². The van der Waals surface area contributed by atoms with Crippen molar-refractivity contribution in [2.24, 2.45) is 0 Å². The van der Waals surface area contributed by atoms with Gasteiger partial charge in [0.05, 0.1) is 13.0 Å². The number of hydrogen-bond donors (Lipinski definition) is 0. The van der Waals surface area contributed by atoms with Gasteiger partial charge in [-0.25, -0.2) is 0 Å². The first kappa shape index (κ1) is 22.1. The quantitative estimate of drug-likeness (QED) is 0.523. The van der Waals surface area contributed by atoms with Crippen molar-refractivity contribution in [2.75, 3.05) is 19.7 Å². The molecule has 1 amide bonds. The summed E-state index contributed by atoms with van der Waals surface area (Å²) in [7, 11) is -1.81. The molecule has 0 N–H and O–H groups in total. The summed E-state index contributed by atoms with van der Waals surface area (Å²) in [6.07, 6.45) is 0.205. The van der Waals surface area contributed by atoms with Crippen LogP contribution in [-0.2, 0) is 18.8 Å². The van der Waals surface area contributed by atoms with Crippen molar-refractivity contribution in [3.63, 3.8) is 0 Å². The van der Waals surface area contributed by atoms with Gasteiger partial charge in [0.2, 0.25) is 5.91 Å². The Balaban J connectivity index is 4.40. The molecule has 0 atom stereocenters. The summed E-state index contributed by atoms with van der Waals surface area (Å²) in [6, 6.07) is 0. The van der Waals surface area contributed by atoms with Crippen molar-refractivity contribution in [3.05, 3.63) is 0 Å². The minimum absolute atomic E-state index is 0.0487. The molecule has 0 aliphatic rings. The summed E-state index contributed by atoms with van der Waals surface area (Å²) in [5, 5.41) is 0.143. The van der Waals surface area contributed by atoms with Gasteiger partial charge in [-0.3, -0.25) is 9.59 Å². The van der Waals surface area contributed by atoms with E-state index in [1.165, 1.54) is 6.92 Å². The Kier molecular flexibility index (Phi) is 7.97. The molecule has 6 heteroatoms. The molecule has 23 heavy (non-hydrogen) atoms. The Hall–Kier alpha value is -0.883. The highest BCUT2D eigenvalue weighted by atomic mass is 28.4. The lowest BCUT2D eigenvalue weighted by molar-refractivity contribution is -0.155. The summed E-state index contributed by atoms with van der Waals surface area (Å²) in [4.78, 5) is 25.1. The molecule has 0 saturated heterocycles. The van der Waals surface area contributed by atoms with Gasteiger partial charge < -0.3 is 14.1 Å². The van der Waals surface area contributed by atoms with Crippen LogP contribution in [0.25, 0.3) is 0 Å². The molecule has 0 radical (unpaired) electrons. The van der Waals surface area contributed by atoms with Gasteiger partial charge >= 0.3 is 5.97 Å². The van der Waals surface area contributed by atoms with Crippen LogP contribution < -0.4 is 0 Å². The van der Waals surface area contributed by atoms with Gasteiger partial charge in [0.25, 0.3) is 0 Å². The molecule has 0 aliphatic heterocycles. The summed E-state index contributed by atoms with van der Waals surface area (Å²) in [6.45, 7) is 19.3. The maximum absolute atomic E-state index is 11.8. The third-order valence-corrected chi connectivity index (χ3v) is 8.62. The van der Waals surface area contributed by atoms with Crippen molar-refractivity contribution in [2.45, 2.75) is 78.6 Å². The fraction of sp³-hybridized carbons (Fsp3) is 0.882. The number of esters is 1. The minimum Gasteiger partial charge on any atom is -0.460 e.